The van der Waals surface area contributed by atoms with E-state index in [4.69, 9.17) is 11.6 Å². The van der Waals surface area contributed by atoms with Gasteiger partial charge in [0.15, 0.2) is 0 Å². The monoisotopic (exact) mass is 253 g/mol. The molecule has 84 valence electrons. The van der Waals surface area contributed by atoms with Crippen molar-refractivity contribution in [1.82, 2.24) is 0 Å². The molecule has 0 fully saturated rings. The molecule has 0 aliphatic heterocycles. The molecule has 2 rings (SSSR count). The molecule has 2 aromatic rings. The van der Waals surface area contributed by atoms with Gasteiger partial charge in [-0.05, 0) is 34.5 Å². The fourth-order valence-corrected chi connectivity index (χ4v) is 2.38. The standard InChI is InChI=1S/C12H12ClNOS/c13-10-3-1-2-4-11(10)14-12(7-15)9-5-6-16-8-9/h1-6,8,12,14-15H,7H2. The van der Waals surface area contributed by atoms with Crippen LogP contribution in [0.5, 0.6) is 0 Å². The zero-order valence-electron chi connectivity index (χ0n) is 8.56. The Morgan fingerprint density at radius 3 is 2.75 bits per heavy atom. The molecule has 0 aliphatic rings. The predicted molar refractivity (Wildman–Crippen MR) is 69.2 cm³/mol. The Labute approximate surface area is 104 Å². The summed E-state index contributed by atoms with van der Waals surface area (Å²) in [6.07, 6.45) is 0. The van der Waals surface area contributed by atoms with Crippen LogP contribution in [0, 0.1) is 0 Å². The lowest BCUT2D eigenvalue weighted by Crippen LogP contribution is -2.14. The van der Waals surface area contributed by atoms with E-state index in [1.54, 1.807) is 11.3 Å². The van der Waals surface area contributed by atoms with Crippen molar-refractivity contribution in [2.24, 2.45) is 0 Å². The third-order valence-electron chi connectivity index (χ3n) is 2.33. The number of benzene rings is 1. The summed E-state index contributed by atoms with van der Waals surface area (Å²) in [5, 5.41) is 17.2. The van der Waals surface area contributed by atoms with Crippen LogP contribution in [0.25, 0.3) is 0 Å². The van der Waals surface area contributed by atoms with Crippen LogP contribution in [0.3, 0.4) is 0 Å². The molecular weight excluding hydrogens is 242 g/mol. The van der Waals surface area contributed by atoms with Crippen LogP contribution in [0.1, 0.15) is 11.6 Å². The molecule has 1 aromatic carbocycles. The fourth-order valence-electron chi connectivity index (χ4n) is 1.47. The van der Waals surface area contributed by atoms with Crippen LogP contribution in [0.4, 0.5) is 5.69 Å². The number of hydrogen-bond donors (Lipinski definition) is 2. The molecular formula is C12H12ClNOS. The predicted octanol–water partition coefficient (Wildman–Crippen LogP) is 3.55. The van der Waals surface area contributed by atoms with Crippen LogP contribution >= 0.6 is 22.9 Å². The van der Waals surface area contributed by atoms with Gasteiger partial charge in [-0.2, -0.15) is 11.3 Å². The lowest BCUT2D eigenvalue weighted by atomic mass is 10.1. The van der Waals surface area contributed by atoms with Crippen molar-refractivity contribution in [1.29, 1.82) is 0 Å². The van der Waals surface area contributed by atoms with E-state index in [2.05, 4.69) is 5.32 Å². The number of rotatable bonds is 4. The van der Waals surface area contributed by atoms with Crippen LogP contribution in [0.2, 0.25) is 5.02 Å². The average Bonchev–Trinajstić information content (AvgIpc) is 2.81. The Hall–Kier alpha value is -1.03. The maximum atomic E-state index is 9.35. The number of aliphatic hydroxyl groups is 1. The van der Waals surface area contributed by atoms with E-state index in [9.17, 15) is 5.11 Å². The number of anilines is 1. The van der Waals surface area contributed by atoms with Crippen molar-refractivity contribution < 1.29 is 5.11 Å². The van der Waals surface area contributed by atoms with Crippen molar-refractivity contribution >= 4 is 28.6 Å². The summed E-state index contributed by atoms with van der Waals surface area (Å²) in [6.45, 7) is 0.0436. The molecule has 0 saturated carbocycles. The molecule has 2 nitrogen and oxygen atoms in total. The lowest BCUT2D eigenvalue weighted by molar-refractivity contribution is 0.276. The first-order chi connectivity index (χ1) is 7.81. The van der Waals surface area contributed by atoms with E-state index in [-0.39, 0.29) is 12.6 Å². The molecule has 0 saturated heterocycles. The number of para-hydroxylation sites is 1. The van der Waals surface area contributed by atoms with E-state index < -0.39 is 0 Å². The largest absolute Gasteiger partial charge is 0.394 e. The second-order valence-corrected chi connectivity index (χ2v) is 4.60. The number of thiophene rings is 1. The molecule has 1 atom stereocenters. The molecule has 0 amide bonds. The van der Waals surface area contributed by atoms with E-state index in [0.717, 1.165) is 11.3 Å². The van der Waals surface area contributed by atoms with E-state index in [1.165, 1.54) is 0 Å². The Bertz CT molecular complexity index is 444. The summed E-state index contributed by atoms with van der Waals surface area (Å²) >= 11 is 7.66. The van der Waals surface area contributed by atoms with Gasteiger partial charge in [-0.3, -0.25) is 0 Å². The molecule has 0 spiro atoms. The maximum absolute atomic E-state index is 9.35. The summed E-state index contributed by atoms with van der Waals surface area (Å²) in [6, 6.07) is 9.41. The van der Waals surface area contributed by atoms with Gasteiger partial charge in [-0.25, -0.2) is 0 Å². The number of hydrogen-bond acceptors (Lipinski definition) is 3. The van der Waals surface area contributed by atoms with Gasteiger partial charge in [-0.15, -0.1) is 0 Å². The average molecular weight is 254 g/mol. The summed E-state index contributed by atoms with van der Waals surface area (Å²) < 4.78 is 0. The molecule has 0 radical (unpaired) electrons. The quantitative estimate of drug-likeness (QED) is 0.874. The molecule has 1 aromatic heterocycles. The first-order valence-electron chi connectivity index (χ1n) is 4.95. The Morgan fingerprint density at radius 2 is 2.12 bits per heavy atom. The summed E-state index contributed by atoms with van der Waals surface area (Å²) in [5.74, 6) is 0. The van der Waals surface area contributed by atoms with E-state index >= 15 is 0 Å². The van der Waals surface area contributed by atoms with Gasteiger partial charge in [0.2, 0.25) is 0 Å². The van der Waals surface area contributed by atoms with Crippen molar-refractivity contribution in [3.8, 4) is 0 Å². The van der Waals surface area contributed by atoms with Crippen molar-refractivity contribution in [3.05, 3.63) is 51.7 Å². The van der Waals surface area contributed by atoms with Crippen LogP contribution in [-0.4, -0.2) is 11.7 Å². The number of nitrogens with one attached hydrogen (secondary N) is 1. The molecule has 0 aliphatic carbocycles. The minimum Gasteiger partial charge on any atom is -0.394 e. The maximum Gasteiger partial charge on any atom is 0.0753 e. The first-order valence-corrected chi connectivity index (χ1v) is 6.27. The molecule has 0 bridgehead atoms. The zero-order valence-corrected chi connectivity index (χ0v) is 10.1. The minimum atomic E-state index is -0.105. The fraction of sp³-hybridized carbons (Fsp3) is 0.167. The van der Waals surface area contributed by atoms with Crippen LogP contribution in [0.15, 0.2) is 41.1 Å². The van der Waals surface area contributed by atoms with Crippen LogP contribution < -0.4 is 5.32 Å². The molecule has 1 heterocycles. The third-order valence-corrected chi connectivity index (χ3v) is 3.36. The smallest absolute Gasteiger partial charge is 0.0753 e. The van der Waals surface area contributed by atoms with Crippen molar-refractivity contribution in [3.63, 3.8) is 0 Å². The molecule has 2 N–H and O–H groups in total. The van der Waals surface area contributed by atoms with Gasteiger partial charge in [0, 0.05) is 0 Å². The third kappa shape index (κ3) is 2.55. The van der Waals surface area contributed by atoms with E-state index in [1.807, 2.05) is 41.1 Å². The Morgan fingerprint density at radius 1 is 1.31 bits per heavy atom. The zero-order chi connectivity index (χ0) is 11.4. The summed E-state index contributed by atoms with van der Waals surface area (Å²) in [5.41, 5.74) is 1.92. The highest BCUT2D eigenvalue weighted by atomic mass is 35.5. The van der Waals surface area contributed by atoms with Crippen molar-refractivity contribution in [2.75, 3.05) is 11.9 Å². The highest BCUT2D eigenvalue weighted by molar-refractivity contribution is 7.08. The highest BCUT2D eigenvalue weighted by Crippen LogP contribution is 2.26. The van der Waals surface area contributed by atoms with Gasteiger partial charge in [0.05, 0.1) is 23.4 Å². The van der Waals surface area contributed by atoms with Gasteiger partial charge >= 0.3 is 0 Å². The Kier molecular flexibility index (Phi) is 3.83. The summed E-state index contributed by atoms with van der Waals surface area (Å²) in [7, 11) is 0. The lowest BCUT2D eigenvalue weighted by Gasteiger charge is -2.17. The van der Waals surface area contributed by atoms with Gasteiger partial charge in [0.1, 0.15) is 0 Å². The van der Waals surface area contributed by atoms with Crippen molar-refractivity contribution in [2.45, 2.75) is 6.04 Å². The first kappa shape index (κ1) is 11.5. The summed E-state index contributed by atoms with van der Waals surface area (Å²) in [4.78, 5) is 0. The molecule has 4 heteroatoms. The normalized spacial score (nSPS) is 12.4. The number of halogens is 1. The highest BCUT2D eigenvalue weighted by Gasteiger charge is 2.11. The van der Waals surface area contributed by atoms with Gasteiger partial charge in [0.25, 0.3) is 0 Å². The number of aliphatic hydroxyl groups excluding tert-OH is 1. The van der Waals surface area contributed by atoms with Gasteiger partial charge in [-0.1, -0.05) is 23.7 Å². The SMILES string of the molecule is OCC(Nc1ccccc1Cl)c1ccsc1. The van der Waals surface area contributed by atoms with Gasteiger partial charge < -0.3 is 10.4 Å². The molecule has 16 heavy (non-hydrogen) atoms. The second kappa shape index (κ2) is 5.34. The second-order valence-electron chi connectivity index (χ2n) is 3.42. The molecule has 1 unspecified atom stereocenters. The Balaban J connectivity index is 2.17. The van der Waals surface area contributed by atoms with Crippen LogP contribution in [-0.2, 0) is 0 Å². The van der Waals surface area contributed by atoms with E-state index in [0.29, 0.717) is 5.02 Å². The minimum absolute atomic E-state index is 0.0436. The topological polar surface area (TPSA) is 32.3 Å².